The van der Waals surface area contributed by atoms with Gasteiger partial charge in [0.2, 0.25) is 11.8 Å². The van der Waals surface area contributed by atoms with E-state index in [9.17, 15) is 24.3 Å². The number of carboxylic acid groups (broad SMARTS) is 2. The van der Waals surface area contributed by atoms with Crippen LogP contribution in [0.4, 0.5) is 0 Å². The fourth-order valence-electron chi connectivity index (χ4n) is 3.18. The summed E-state index contributed by atoms with van der Waals surface area (Å²) in [5, 5.41) is 24.1. The van der Waals surface area contributed by atoms with Crippen LogP contribution in [0.2, 0.25) is 0 Å². The van der Waals surface area contributed by atoms with Crippen LogP contribution in [0.3, 0.4) is 0 Å². The Kier molecular flexibility index (Phi) is 9.54. The average Bonchev–Trinajstić information content (AvgIpc) is 3.16. The summed E-state index contributed by atoms with van der Waals surface area (Å²) in [6, 6.07) is 4.15. The van der Waals surface area contributed by atoms with E-state index in [1.165, 1.54) is 11.8 Å². The molecule has 10 nitrogen and oxygen atoms in total. The van der Waals surface area contributed by atoms with Crippen LogP contribution in [0.5, 0.6) is 0 Å². The van der Waals surface area contributed by atoms with Crippen molar-refractivity contribution in [3.8, 4) is 0 Å². The van der Waals surface area contributed by atoms with Crippen LogP contribution in [0.15, 0.2) is 30.5 Å². The topological polar surface area (TPSA) is 175 Å². The molecule has 2 rings (SSSR count). The SMILES string of the molecule is CSCCC(NC(=O)C(Cc1c[nH]c2ccccc12)NC(=O)C(N)CCC(=O)O)C(=O)O. The van der Waals surface area contributed by atoms with Gasteiger partial charge >= 0.3 is 11.9 Å². The van der Waals surface area contributed by atoms with Crippen LogP contribution in [0.25, 0.3) is 10.9 Å². The van der Waals surface area contributed by atoms with Crippen molar-refractivity contribution in [2.75, 3.05) is 12.0 Å². The summed E-state index contributed by atoms with van der Waals surface area (Å²) in [4.78, 5) is 50.9. The Morgan fingerprint density at radius 3 is 2.41 bits per heavy atom. The van der Waals surface area contributed by atoms with Crippen LogP contribution in [-0.4, -0.2) is 69.1 Å². The molecule has 7 N–H and O–H groups in total. The molecule has 1 aromatic carbocycles. The Labute approximate surface area is 189 Å². The van der Waals surface area contributed by atoms with Gasteiger partial charge in [-0.2, -0.15) is 11.8 Å². The minimum atomic E-state index is -1.16. The molecule has 0 aliphatic carbocycles. The molecule has 0 saturated carbocycles. The third-order valence-corrected chi connectivity index (χ3v) is 5.61. The monoisotopic (exact) mass is 464 g/mol. The smallest absolute Gasteiger partial charge is 0.326 e. The van der Waals surface area contributed by atoms with E-state index in [2.05, 4.69) is 15.6 Å². The van der Waals surface area contributed by atoms with Gasteiger partial charge in [-0.05, 0) is 36.5 Å². The number of carbonyl (C=O) groups excluding carboxylic acids is 2. The highest BCUT2D eigenvalue weighted by molar-refractivity contribution is 7.98. The number of benzene rings is 1. The minimum absolute atomic E-state index is 0.0892. The number of hydrogen-bond donors (Lipinski definition) is 6. The summed E-state index contributed by atoms with van der Waals surface area (Å²) in [5.74, 6) is -3.04. The molecule has 0 radical (unpaired) electrons. The lowest BCUT2D eigenvalue weighted by molar-refractivity contribution is -0.142. The fourth-order valence-corrected chi connectivity index (χ4v) is 3.66. The number of carboxylic acids is 2. The number of rotatable bonds is 13. The van der Waals surface area contributed by atoms with E-state index in [1.54, 1.807) is 6.20 Å². The van der Waals surface area contributed by atoms with Crippen LogP contribution in [-0.2, 0) is 25.6 Å². The Morgan fingerprint density at radius 1 is 1.06 bits per heavy atom. The molecule has 1 heterocycles. The lowest BCUT2D eigenvalue weighted by Crippen LogP contribution is -2.55. The third-order valence-electron chi connectivity index (χ3n) is 4.96. The molecule has 2 amide bonds. The number of aromatic nitrogens is 1. The van der Waals surface area contributed by atoms with Crippen molar-refractivity contribution in [2.24, 2.45) is 5.73 Å². The van der Waals surface area contributed by atoms with Crippen molar-refractivity contribution in [1.82, 2.24) is 15.6 Å². The van der Waals surface area contributed by atoms with Crippen LogP contribution < -0.4 is 16.4 Å². The van der Waals surface area contributed by atoms with Gasteiger partial charge in [-0.15, -0.1) is 0 Å². The first kappa shape index (κ1) is 25.2. The van der Waals surface area contributed by atoms with Gasteiger partial charge in [0, 0.05) is 29.9 Å². The van der Waals surface area contributed by atoms with Gasteiger partial charge in [0.25, 0.3) is 0 Å². The number of carbonyl (C=O) groups is 4. The molecule has 0 fully saturated rings. The Bertz CT molecular complexity index is 963. The number of nitrogens with two attached hydrogens (primary N) is 1. The highest BCUT2D eigenvalue weighted by Crippen LogP contribution is 2.19. The number of hydrogen-bond acceptors (Lipinski definition) is 6. The van der Waals surface area contributed by atoms with E-state index < -0.39 is 41.9 Å². The normalized spacial score (nSPS) is 13.8. The maximum absolute atomic E-state index is 13.0. The molecule has 32 heavy (non-hydrogen) atoms. The van der Waals surface area contributed by atoms with Crippen LogP contribution >= 0.6 is 11.8 Å². The minimum Gasteiger partial charge on any atom is -0.481 e. The van der Waals surface area contributed by atoms with Gasteiger partial charge < -0.3 is 31.6 Å². The number of H-pyrrole nitrogens is 1. The number of nitrogens with one attached hydrogen (secondary N) is 3. The summed E-state index contributed by atoms with van der Waals surface area (Å²) >= 11 is 1.46. The zero-order valence-electron chi connectivity index (χ0n) is 17.7. The molecule has 1 aromatic heterocycles. The van der Waals surface area contributed by atoms with Crippen molar-refractivity contribution in [3.63, 3.8) is 0 Å². The van der Waals surface area contributed by atoms with Crippen molar-refractivity contribution < 1.29 is 29.4 Å². The molecule has 11 heteroatoms. The van der Waals surface area contributed by atoms with E-state index in [0.717, 1.165) is 16.5 Å². The Morgan fingerprint density at radius 2 is 1.75 bits per heavy atom. The lowest BCUT2D eigenvalue weighted by atomic mass is 10.0. The number of para-hydroxylation sites is 1. The van der Waals surface area contributed by atoms with Gasteiger partial charge in [-0.3, -0.25) is 14.4 Å². The second-order valence-corrected chi connectivity index (χ2v) is 8.33. The van der Waals surface area contributed by atoms with Crippen molar-refractivity contribution >= 4 is 46.4 Å². The molecule has 0 aliphatic rings. The summed E-state index contributed by atoms with van der Waals surface area (Å²) in [7, 11) is 0. The number of aromatic amines is 1. The highest BCUT2D eigenvalue weighted by Gasteiger charge is 2.28. The molecule has 3 atom stereocenters. The summed E-state index contributed by atoms with van der Waals surface area (Å²) in [5.41, 5.74) is 7.40. The number of amides is 2. The first-order chi connectivity index (χ1) is 15.2. The molecule has 0 saturated heterocycles. The lowest BCUT2D eigenvalue weighted by Gasteiger charge is -2.23. The maximum Gasteiger partial charge on any atom is 0.326 e. The van der Waals surface area contributed by atoms with Crippen LogP contribution in [0, 0.1) is 0 Å². The number of aliphatic carboxylic acids is 2. The Balaban J connectivity index is 2.20. The first-order valence-electron chi connectivity index (χ1n) is 10.1. The van der Waals surface area contributed by atoms with E-state index >= 15 is 0 Å². The summed E-state index contributed by atoms with van der Waals surface area (Å²) in [6.07, 6.45) is 3.51. The van der Waals surface area contributed by atoms with Gasteiger partial charge in [-0.1, -0.05) is 18.2 Å². The van der Waals surface area contributed by atoms with E-state index in [1.807, 2.05) is 30.5 Å². The standard InChI is InChI=1S/C21H28N4O6S/c1-32-9-8-16(21(30)31)24-20(29)17(25-19(28)14(22)6-7-18(26)27)10-12-11-23-15-5-3-2-4-13(12)15/h2-5,11,14,16-17,23H,6-10,22H2,1H3,(H,24,29)(H,25,28)(H,26,27)(H,30,31). The molecule has 2 aromatic rings. The van der Waals surface area contributed by atoms with Gasteiger partial charge in [-0.25, -0.2) is 4.79 Å². The van der Waals surface area contributed by atoms with E-state index in [0.29, 0.717) is 5.75 Å². The second kappa shape index (κ2) is 12.1. The molecule has 3 unspecified atom stereocenters. The summed E-state index contributed by atoms with van der Waals surface area (Å²) < 4.78 is 0. The number of thioether (sulfide) groups is 1. The molecular weight excluding hydrogens is 436 g/mol. The first-order valence-corrected chi connectivity index (χ1v) is 11.5. The van der Waals surface area contributed by atoms with E-state index in [4.69, 9.17) is 10.8 Å². The third kappa shape index (κ3) is 7.27. The summed E-state index contributed by atoms with van der Waals surface area (Å²) in [6.45, 7) is 0. The Hall–Kier alpha value is -3.05. The van der Waals surface area contributed by atoms with Crippen LogP contribution in [0.1, 0.15) is 24.8 Å². The zero-order valence-corrected chi connectivity index (χ0v) is 18.5. The number of fused-ring (bicyclic) bond motifs is 1. The van der Waals surface area contributed by atoms with Gasteiger partial charge in [0.05, 0.1) is 6.04 Å². The molecular formula is C21H28N4O6S. The zero-order chi connectivity index (χ0) is 23.7. The molecule has 0 bridgehead atoms. The predicted octanol–water partition coefficient (Wildman–Crippen LogP) is 0.710. The molecule has 0 aliphatic heterocycles. The average molecular weight is 465 g/mol. The maximum atomic E-state index is 13.0. The largest absolute Gasteiger partial charge is 0.481 e. The highest BCUT2D eigenvalue weighted by atomic mass is 32.2. The predicted molar refractivity (Wildman–Crippen MR) is 121 cm³/mol. The molecule has 174 valence electrons. The van der Waals surface area contributed by atoms with Crippen molar-refractivity contribution in [2.45, 2.75) is 43.8 Å². The molecule has 0 spiro atoms. The van der Waals surface area contributed by atoms with Gasteiger partial charge in [0.1, 0.15) is 12.1 Å². The quantitative estimate of drug-likeness (QED) is 0.251. The second-order valence-electron chi connectivity index (χ2n) is 7.34. The fraction of sp³-hybridized carbons (Fsp3) is 0.429. The van der Waals surface area contributed by atoms with Crippen molar-refractivity contribution in [1.29, 1.82) is 0 Å². The van der Waals surface area contributed by atoms with E-state index in [-0.39, 0.29) is 25.7 Å². The van der Waals surface area contributed by atoms with Crippen molar-refractivity contribution in [3.05, 3.63) is 36.0 Å². The van der Waals surface area contributed by atoms with Gasteiger partial charge in [0.15, 0.2) is 0 Å².